The zero-order chi connectivity index (χ0) is 39.1. The fraction of sp³-hybridized carbons (Fsp3) is 0. The van der Waals surface area contributed by atoms with Crippen LogP contribution in [0.5, 0.6) is 11.5 Å². The number of aromatic nitrogens is 3. The molecule has 0 atom stereocenters. The minimum atomic E-state index is 0.0461. The number of imidazole rings is 1. The van der Waals surface area contributed by atoms with Gasteiger partial charge in [0.2, 0.25) is 0 Å². The van der Waals surface area contributed by atoms with Gasteiger partial charge in [-0.1, -0.05) is 60.7 Å². The van der Waals surface area contributed by atoms with Crippen molar-refractivity contribution >= 4 is 44.8 Å². The first-order valence-electron chi connectivity index (χ1n) is 19.7. The van der Waals surface area contributed by atoms with Gasteiger partial charge in [-0.15, -0.1) is 0 Å². The molecule has 4 nitrogen and oxygen atoms in total. The zero-order valence-electron chi connectivity index (χ0n) is 31.9. The zero-order valence-corrected chi connectivity index (χ0v) is 33.6. The molecule has 0 radical (unpaired) electrons. The predicted molar refractivity (Wildman–Crippen MR) is 245 cm³/mol. The Morgan fingerprint density at radius 3 is 1.88 bits per heavy atom. The van der Waals surface area contributed by atoms with Crippen molar-refractivity contribution in [1.82, 2.24) is 14.5 Å². The molecule has 0 aliphatic carbocycles. The number of fused-ring (bicyclic) bond motifs is 4. The summed E-state index contributed by atoms with van der Waals surface area (Å²) in [5.74, 6) is 2.34. The van der Waals surface area contributed by atoms with Gasteiger partial charge < -0.3 is 0 Å². The quantitative estimate of drug-likeness (QED) is 0.143. The van der Waals surface area contributed by atoms with E-state index in [0.717, 1.165) is 73.1 Å². The van der Waals surface area contributed by atoms with Gasteiger partial charge >= 0.3 is 284 Å². The van der Waals surface area contributed by atoms with E-state index in [0.29, 0.717) is 0 Å². The van der Waals surface area contributed by atoms with Crippen LogP contribution >= 0.6 is 0 Å². The molecule has 0 bridgehead atoms. The summed E-state index contributed by atoms with van der Waals surface area (Å²) in [5, 5.41) is 2.46. The van der Waals surface area contributed by atoms with Crippen molar-refractivity contribution in [2.75, 3.05) is 0 Å². The van der Waals surface area contributed by atoms with E-state index in [1.54, 1.807) is 0 Å². The summed E-state index contributed by atoms with van der Waals surface area (Å²) in [5.41, 5.74) is 13.1. The number of hydrogen-bond acceptors (Lipinski definition) is 3. The van der Waals surface area contributed by atoms with Gasteiger partial charge in [-0.3, -0.25) is 0 Å². The van der Waals surface area contributed by atoms with Crippen LogP contribution in [0.2, 0.25) is 0 Å². The molecule has 5 heteroatoms. The van der Waals surface area contributed by atoms with Crippen LogP contribution < -0.4 is 4.74 Å². The van der Waals surface area contributed by atoms with Crippen LogP contribution in [0.1, 0.15) is 0 Å². The van der Waals surface area contributed by atoms with Gasteiger partial charge in [0, 0.05) is 0 Å². The molecule has 11 aromatic rings. The van der Waals surface area contributed by atoms with Gasteiger partial charge in [0.1, 0.15) is 0 Å². The Hall–Kier alpha value is -7.30. The van der Waals surface area contributed by atoms with E-state index >= 15 is 0 Å². The third-order valence-electron chi connectivity index (χ3n) is 10.9. The second-order valence-electron chi connectivity index (χ2n) is 14.6. The van der Waals surface area contributed by atoms with Gasteiger partial charge in [-0.25, -0.2) is 0 Å². The Morgan fingerprint density at radius 2 is 1.07 bits per heavy atom. The Balaban J connectivity index is 1.06. The topological polar surface area (TPSA) is 39.9 Å². The van der Waals surface area contributed by atoms with E-state index in [-0.39, 0.29) is 14.5 Å². The molecule has 0 saturated carbocycles. The number of pyridine rings is 1. The van der Waals surface area contributed by atoms with Crippen molar-refractivity contribution in [3.05, 3.63) is 212 Å². The monoisotopic (exact) mass is 821 g/mol. The predicted octanol–water partition coefficient (Wildman–Crippen LogP) is 13.9. The van der Waals surface area contributed by atoms with Crippen molar-refractivity contribution in [2.24, 2.45) is 0 Å². The summed E-state index contributed by atoms with van der Waals surface area (Å²) in [4.78, 5) is 10.2. The number of ether oxygens (including phenoxy) is 1. The van der Waals surface area contributed by atoms with E-state index in [2.05, 4.69) is 199 Å². The van der Waals surface area contributed by atoms with Gasteiger partial charge in [0.25, 0.3) is 0 Å². The molecular formula is C54H35N3OSe. The first-order valence-corrected chi connectivity index (χ1v) is 21.4. The molecule has 8 aromatic carbocycles. The molecule has 0 unspecified atom stereocenters. The summed E-state index contributed by atoms with van der Waals surface area (Å²) in [6, 6.07) is 72.4. The van der Waals surface area contributed by atoms with Crippen LogP contribution in [0.3, 0.4) is 0 Å². The van der Waals surface area contributed by atoms with Crippen LogP contribution in [0.15, 0.2) is 212 Å². The Kier molecular flexibility index (Phi) is 8.81. The summed E-state index contributed by atoms with van der Waals surface area (Å²) in [6.07, 6.45) is 1.92. The summed E-state index contributed by atoms with van der Waals surface area (Å²) in [6.45, 7) is 0. The third-order valence-corrected chi connectivity index (χ3v) is 13.6. The number of para-hydroxylation sites is 3. The van der Waals surface area contributed by atoms with Crippen molar-refractivity contribution in [3.63, 3.8) is 0 Å². The summed E-state index contributed by atoms with van der Waals surface area (Å²) < 4.78 is 11.9. The van der Waals surface area contributed by atoms with Crippen molar-refractivity contribution < 1.29 is 4.74 Å². The SMILES string of the molecule is c1ccc(-c2ccnc(-c3cc(Oc4cccc(-c5nc6ccccc6n5-c5ccccc5-c5ccccc5)c4)cc4c3[se]c3c(-c5ccccc5)cccc34)c2)cc1. The van der Waals surface area contributed by atoms with E-state index in [9.17, 15) is 0 Å². The average Bonchev–Trinajstić information content (AvgIpc) is 3.89. The van der Waals surface area contributed by atoms with Gasteiger partial charge in [-0.2, -0.15) is 0 Å². The van der Waals surface area contributed by atoms with Crippen LogP contribution in [0.25, 0.3) is 92.0 Å². The first kappa shape index (κ1) is 34.9. The van der Waals surface area contributed by atoms with Crippen molar-refractivity contribution in [2.45, 2.75) is 0 Å². The van der Waals surface area contributed by atoms with Crippen molar-refractivity contribution in [1.29, 1.82) is 0 Å². The number of benzene rings is 8. The molecule has 11 rings (SSSR count). The Bertz CT molecular complexity index is 3300. The van der Waals surface area contributed by atoms with E-state index < -0.39 is 0 Å². The number of hydrogen-bond donors (Lipinski definition) is 0. The van der Waals surface area contributed by atoms with Crippen LogP contribution in [0.4, 0.5) is 0 Å². The van der Waals surface area contributed by atoms with E-state index in [1.807, 2.05) is 18.3 Å². The van der Waals surface area contributed by atoms with Crippen LogP contribution in [-0.4, -0.2) is 29.0 Å². The molecule has 278 valence electrons. The second-order valence-corrected chi connectivity index (χ2v) is 16.7. The van der Waals surface area contributed by atoms with Crippen LogP contribution in [0, 0.1) is 0 Å². The maximum absolute atomic E-state index is 6.93. The van der Waals surface area contributed by atoms with Crippen molar-refractivity contribution in [3.8, 4) is 73.2 Å². The maximum atomic E-state index is 6.93. The fourth-order valence-electron chi connectivity index (χ4n) is 8.18. The average molecular weight is 821 g/mol. The minimum absolute atomic E-state index is 0.0461. The Morgan fingerprint density at radius 1 is 0.424 bits per heavy atom. The van der Waals surface area contributed by atoms with E-state index in [1.165, 1.54) is 30.4 Å². The van der Waals surface area contributed by atoms with Gasteiger partial charge in [-0.05, 0) is 5.56 Å². The molecule has 0 spiro atoms. The molecule has 0 N–H and O–H groups in total. The molecular weight excluding hydrogens is 786 g/mol. The number of nitrogens with zero attached hydrogens (tertiary/aromatic N) is 3. The molecule has 0 aliphatic rings. The molecule has 0 fully saturated rings. The third kappa shape index (κ3) is 6.43. The van der Waals surface area contributed by atoms with E-state index in [4.69, 9.17) is 14.7 Å². The molecule has 3 heterocycles. The first-order chi connectivity index (χ1) is 29.2. The number of rotatable bonds is 8. The van der Waals surface area contributed by atoms with Gasteiger partial charge in [0.15, 0.2) is 0 Å². The normalized spacial score (nSPS) is 11.4. The fourth-order valence-corrected chi connectivity index (χ4v) is 11.0. The summed E-state index contributed by atoms with van der Waals surface area (Å²) >= 11 is 0.0461. The Labute approximate surface area is 348 Å². The molecule has 0 aliphatic heterocycles. The molecule has 3 aromatic heterocycles. The van der Waals surface area contributed by atoms with Crippen LogP contribution in [-0.2, 0) is 0 Å². The van der Waals surface area contributed by atoms with Gasteiger partial charge in [0.05, 0.1) is 0 Å². The molecule has 59 heavy (non-hydrogen) atoms. The standard InChI is InChI=1S/C54H35N3OSe/c1-4-16-36(17-5-1)39-30-31-55-49(33-39)47-35-42(34-46-45-26-15-25-44(52(45)59-53(46)47)38-20-8-3-9-21-38)58-41-23-14-22-40(32-41)54-56-48-27-11-13-29-51(48)57(54)50-28-12-10-24-43(50)37-18-6-2-7-19-37/h1-35H. The second kappa shape index (κ2) is 14.9. The summed E-state index contributed by atoms with van der Waals surface area (Å²) in [7, 11) is 0. The molecule has 0 amide bonds. The molecule has 0 saturated heterocycles.